The summed E-state index contributed by atoms with van der Waals surface area (Å²) in [5, 5.41) is 9.12. The van der Waals surface area contributed by atoms with Crippen LogP contribution in [0.5, 0.6) is 0 Å². The second-order valence-electron chi connectivity index (χ2n) is 4.07. The van der Waals surface area contributed by atoms with Gasteiger partial charge in [0.25, 0.3) is 0 Å². The number of hydrogen-bond acceptors (Lipinski definition) is 4. The molecule has 1 fully saturated rings. The van der Waals surface area contributed by atoms with Gasteiger partial charge in [0.2, 0.25) is 0 Å². The zero-order valence-corrected chi connectivity index (χ0v) is 9.65. The number of carboxylic acids is 1. The summed E-state index contributed by atoms with van der Waals surface area (Å²) < 4.78 is 4.52. The van der Waals surface area contributed by atoms with Crippen LogP contribution in [0.25, 0.3) is 0 Å². The average molecular weight is 229 g/mol. The van der Waals surface area contributed by atoms with Crippen LogP contribution in [-0.2, 0) is 14.3 Å². The van der Waals surface area contributed by atoms with Crippen molar-refractivity contribution in [3.8, 4) is 0 Å². The van der Waals surface area contributed by atoms with Crippen LogP contribution in [-0.4, -0.2) is 48.2 Å². The van der Waals surface area contributed by atoms with E-state index in [9.17, 15) is 9.59 Å². The number of methoxy groups -OCH3 is 1. The van der Waals surface area contributed by atoms with Crippen molar-refractivity contribution < 1.29 is 19.4 Å². The monoisotopic (exact) mass is 229 g/mol. The van der Waals surface area contributed by atoms with Crippen LogP contribution in [0.15, 0.2) is 0 Å². The van der Waals surface area contributed by atoms with Crippen LogP contribution in [0, 0.1) is 0 Å². The van der Waals surface area contributed by atoms with E-state index in [0.717, 1.165) is 25.9 Å². The van der Waals surface area contributed by atoms with Crippen molar-refractivity contribution in [1.82, 2.24) is 4.90 Å². The molecule has 0 spiro atoms. The van der Waals surface area contributed by atoms with Crippen molar-refractivity contribution in [3.05, 3.63) is 0 Å². The van der Waals surface area contributed by atoms with Crippen molar-refractivity contribution in [2.24, 2.45) is 0 Å². The van der Waals surface area contributed by atoms with Crippen LogP contribution < -0.4 is 0 Å². The minimum Gasteiger partial charge on any atom is -0.480 e. The Hall–Kier alpha value is -1.10. The highest BCUT2D eigenvalue weighted by molar-refractivity contribution is 5.75. The number of carbonyl (C=O) groups is 2. The Bertz CT molecular complexity index is 248. The molecular weight excluding hydrogens is 210 g/mol. The molecule has 1 saturated heterocycles. The number of aliphatic carboxylic acids is 1. The zero-order valence-electron chi connectivity index (χ0n) is 9.65. The van der Waals surface area contributed by atoms with E-state index in [-0.39, 0.29) is 12.4 Å². The molecule has 5 nitrogen and oxygen atoms in total. The number of esters is 1. The second-order valence-corrected chi connectivity index (χ2v) is 4.07. The Balaban J connectivity index is 2.46. The molecule has 1 heterocycles. The molecule has 1 N–H and O–H groups in total. The Morgan fingerprint density at radius 3 is 2.44 bits per heavy atom. The maximum absolute atomic E-state index is 11.1. The van der Waals surface area contributed by atoms with E-state index in [2.05, 4.69) is 4.74 Å². The van der Waals surface area contributed by atoms with Gasteiger partial charge < -0.3 is 9.84 Å². The number of carbonyl (C=O) groups excluding carboxylic acids is 1. The number of ether oxygens (including phenoxy) is 1. The predicted molar refractivity (Wildman–Crippen MR) is 58.1 cm³/mol. The van der Waals surface area contributed by atoms with Gasteiger partial charge in [-0.15, -0.1) is 0 Å². The lowest BCUT2D eigenvalue weighted by molar-refractivity contribution is -0.145. The number of likely N-dealkylation sites (tertiary alicyclic amines) is 1. The molecule has 1 unspecified atom stereocenters. The third-order valence-corrected chi connectivity index (χ3v) is 2.97. The normalized spacial score (nSPS) is 19.1. The van der Waals surface area contributed by atoms with E-state index in [1.165, 1.54) is 13.5 Å². The molecule has 5 heteroatoms. The molecule has 1 aliphatic heterocycles. The maximum Gasteiger partial charge on any atom is 0.320 e. The van der Waals surface area contributed by atoms with Crippen LogP contribution in [0.2, 0.25) is 0 Å². The number of rotatable bonds is 5. The van der Waals surface area contributed by atoms with Crippen LogP contribution >= 0.6 is 0 Å². The summed E-state index contributed by atoms with van der Waals surface area (Å²) in [6.45, 7) is 1.64. The number of hydrogen-bond donors (Lipinski definition) is 1. The summed E-state index contributed by atoms with van der Waals surface area (Å²) >= 11 is 0. The van der Waals surface area contributed by atoms with Gasteiger partial charge in [-0.3, -0.25) is 14.5 Å². The fourth-order valence-corrected chi connectivity index (χ4v) is 2.05. The molecule has 0 saturated carbocycles. The highest BCUT2D eigenvalue weighted by atomic mass is 16.5. The standard InChI is InChI=1S/C11H19NO4/c1-16-10(13)6-5-9(11(14)15)12-7-3-2-4-8-12/h9H,2-8H2,1H3,(H,14,15). The van der Waals surface area contributed by atoms with Gasteiger partial charge in [0.1, 0.15) is 6.04 Å². The second kappa shape index (κ2) is 6.48. The first-order valence-corrected chi connectivity index (χ1v) is 5.69. The Morgan fingerprint density at radius 1 is 1.31 bits per heavy atom. The van der Waals surface area contributed by atoms with Crippen LogP contribution in [0.4, 0.5) is 0 Å². The summed E-state index contributed by atoms with van der Waals surface area (Å²) in [5.41, 5.74) is 0. The van der Waals surface area contributed by atoms with Gasteiger partial charge in [0, 0.05) is 6.42 Å². The molecule has 0 aliphatic carbocycles. The van der Waals surface area contributed by atoms with E-state index >= 15 is 0 Å². The van der Waals surface area contributed by atoms with Gasteiger partial charge in [-0.05, 0) is 32.4 Å². The molecule has 0 aromatic heterocycles. The molecule has 1 atom stereocenters. The van der Waals surface area contributed by atoms with E-state index in [1.54, 1.807) is 0 Å². The molecular formula is C11H19NO4. The summed E-state index contributed by atoms with van der Waals surface area (Å²) in [5.74, 6) is -1.19. The fraction of sp³-hybridized carbons (Fsp3) is 0.818. The van der Waals surface area contributed by atoms with Gasteiger partial charge in [0.05, 0.1) is 7.11 Å². The van der Waals surface area contributed by atoms with Gasteiger partial charge >= 0.3 is 11.9 Å². The van der Waals surface area contributed by atoms with E-state index in [0.29, 0.717) is 6.42 Å². The van der Waals surface area contributed by atoms with Gasteiger partial charge in [-0.1, -0.05) is 6.42 Å². The molecule has 0 aromatic rings. The SMILES string of the molecule is COC(=O)CCC(C(=O)O)N1CCCCC1. The topological polar surface area (TPSA) is 66.8 Å². The first-order chi connectivity index (χ1) is 7.65. The van der Waals surface area contributed by atoms with Crippen molar-refractivity contribution >= 4 is 11.9 Å². The Labute approximate surface area is 95.4 Å². The third kappa shape index (κ3) is 3.81. The Kier molecular flexibility index (Phi) is 5.25. The van der Waals surface area contributed by atoms with Crippen molar-refractivity contribution in [2.45, 2.75) is 38.1 Å². The van der Waals surface area contributed by atoms with Crippen molar-refractivity contribution in [1.29, 1.82) is 0 Å². The maximum atomic E-state index is 11.1. The first kappa shape index (κ1) is 13.0. The largest absolute Gasteiger partial charge is 0.480 e. The van der Waals surface area contributed by atoms with Crippen molar-refractivity contribution in [2.75, 3.05) is 20.2 Å². The summed E-state index contributed by atoms with van der Waals surface area (Å²) in [6, 6.07) is -0.542. The minimum absolute atomic E-state index is 0.171. The molecule has 0 radical (unpaired) electrons. The molecule has 0 amide bonds. The van der Waals surface area contributed by atoms with Gasteiger partial charge in [-0.2, -0.15) is 0 Å². The molecule has 0 bridgehead atoms. The van der Waals surface area contributed by atoms with E-state index < -0.39 is 12.0 Å². The van der Waals surface area contributed by atoms with Crippen LogP contribution in [0.3, 0.4) is 0 Å². The third-order valence-electron chi connectivity index (χ3n) is 2.97. The molecule has 16 heavy (non-hydrogen) atoms. The minimum atomic E-state index is -0.842. The average Bonchev–Trinajstić information content (AvgIpc) is 2.30. The van der Waals surface area contributed by atoms with Gasteiger partial charge in [-0.25, -0.2) is 0 Å². The molecule has 1 rings (SSSR count). The summed E-state index contributed by atoms with van der Waals surface area (Å²) in [4.78, 5) is 24.0. The smallest absolute Gasteiger partial charge is 0.320 e. The highest BCUT2D eigenvalue weighted by Crippen LogP contribution is 2.15. The lowest BCUT2D eigenvalue weighted by Crippen LogP contribution is -2.44. The van der Waals surface area contributed by atoms with Gasteiger partial charge in [0.15, 0.2) is 0 Å². The summed E-state index contributed by atoms with van der Waals surface area (Å²) in [6.07, 6.45) is 3.76. The lowest BCUT2D eigenvalue weighted by Gasteiger charge is -2.31. The lowest BCUT2D eigenvalue weighted by atomic mass is 10.0. The predicted octanol–water partition coefficient (Wildman–Crippen LogP) is 0.879. The fourth-order valence-electron chi connectivity index (χ4n) is 2.05. The first-order valence-electron chi connectivity index (χ1n) is 5.69. The van der Waals surface area contributed by atoms with E-state index in [1.807, 2.05) is 4.90 Å². The van der Waals surface area contributed by atoms with Crippen LogP contribution in [0.1, 0.15) is 32.1 Å². The zero-order chi connectivity index (χ0) is 12.0. The highest BCUT2D eigenvalue weighted by Gasteiger charge is 2.27. The molecule has 0 aromatic carbocycles. The molecule has 1 aliphatic rings. The summed E-state index contributed by atoms with van der Waals surface area (Å²) in [7, 11) is 1.32. The van der Waals surface area contributed by atoms with E-state index in [4.69, 9.17) is 5.11 Å². The Morgan fingerprint density at radius 2 is 1.94 bits per heavy atom. The number of nitrogens with zero attached hydrogens (tertiary/aromatic N) is 1. The number of piperidine rings is 1. The molecule has 92 valence electrons. The quantitative estimate of drug-likeness (QED) is 0.709. The number of carboxylic acid groups (broad SMARTS) is 1. The van der Waals surface area contributed by atoms with Crippen molar-refractivity contribution in [3.63, 3.8) is 0 Å².